The molecule has 1 N–H and O–H groups in total. The molecule has 0 bridgehead atoms. The number of hydrogen-bond donors (Lipinski definition) is 1. The first-order valence-electron chi connectivity index (χ1n) is 9.06. The first-order chi connectivity index (χ1) is 11.6. The molecule has 1 amide bonds. The van der Waals surface area contributed by atoms with Crippen molar-refractivity contribution in [2.24, 2.45) is 5.92 Å². The predicted octanol–water partition coefficient (Wildman–Crippen LogP) is 4.15. The lowest BCUT2D eigenvalue weighted by Crippen LogP contribution is -2.42. The fourth-order valence-corrected chi connectivity index (χ4v) is 3.36. The third-order valence-electron chi connectivity index (χ3n) is 4.53. The van der Waals surface area contributed by atoms with E-state index in [1.807, 2.05) is 0 Å². The fraction of sp³-hybridized carbons (Fsp3) is 0.722. The average Bonchev–Trinajstić information content (AvgIpc) is 2.58. The van der Waals surface area contributed by atoms with Crippen molar-refractivity contribution in [1.82, 2.24) is 15.3 Å². The quantitative estimate of drug-likeness (QED) is 0.762. The second kappa shape index (κ2) is 9.82. The molecule has 0 spiro atoms. The number of aromatic nitrogens is 2. The SMILES string of the molecule is CCCC(CCC)C(=O)NC1CCC(Oc2ncc(Cl)cn2)CC1. The smallest absolute Gasteiger partial charge is 0.316 e. The lowest BCUT2D eigenvalue weighted by molar-refractivity contribution is -0.126. The summed E-state index contributed by atoms with van der Waals surface area (Å²) in [7, 11) is 0. The summed E-state index contributed by atoms with van der Waals surface area (Å²) in [5.41, 5.74) is 0. The van der Waals surface area contributed by atoms with E-state index >= 15 is 0 Å². The number of carbonyl (C=O) groups is 1. The van der Waals surface area contributed by atoms with Crippen LogP contribution in [0, 0.1) is 5.92 Å². The Labute approximate surface area is 149 Å². The summed E-state index contributed by atoms with van der Waals surface area (Å²) in [5, 5.41) is 3.74. The van der Waals surface area contributed by atoms with Crippen LogP contribution >= 0.6 is 11.6 Å². The number of rotatable bonds is 8. The summed E-state index contributed by atoms with van der Waals surface area (Å²) in [4.78, 5) is 20.6. The van der Waals surface area contributed by atoms with E-state index in [-0.39, 0.29) is 24.0 Å². The van der Waals surface area contributed by atoms with Crippen LogP contribution in [0.25, 0.3) is 0 Å². The Morgan fingerprint density at radius 2 is 1.79 bits per heavy atom. The molecule has 24 heavy (non-hydrogen) atoms. The van der Waals surface area contributed by atoms with Crippen LogP contribution < -0.4 is 10.1 Å². The molecule has 1 aliphatic rings. The van der Waals surface area contributed by atoms with Gasteiger partial charge in [0.1, 0.15) is 6.10 Å². The van der Waals surface area contributed by atoms with Crippen LogP contribution in [0.5, 0.6) is 6.01 Å². The van der Waals surface area contributed by atoms with E-state index in [9.17, 15) is 4.79 Å². The number of nitrogens with one attached hydrogen (secondary N) is 1. The molecular formula is C18H28ClN3O2. The van der Waals surface area contributed by atoms with E-state index in [4.69, 9.17) is 16.3 Å². The van der Waals surface area contributed by atoms with E-state index in [2.05, 4.69) is 29.1 Å². The van der Waals surface area contributed by atoms with Crippen molar-refractivity contribution in [3.05, 3.63) is 17.4 Å². The van der Waals surface area contributed by atoms with E-state index in [0.29, 0.717) is 11.0 Å². The summed E-state index contributed by atoms with van der Waals surface area (Å²) >= 11 is 5.77. The zero-order valence-corrected chi connectivity index (χ0v) is 15.4. The first-order valence-corrected chi connectivity index (χ1v) is 9.44. The van der Waals surface area contributed by atoms with Crippen molar-refractivity contribution in [3.8, 4) is 6.01 Å². The fourth-order valence-electron chi connectivity index (χ4n) is 3.26. The summed E-state index contributed by atoms with van der Waals surface area (Å²) < 4.78 is 5.79. The number of ether oxygens (including phenoxy) is 1. The maximum Gasteiger partial charge on any atom is 0.316 e. The van der Waals surface area contributed by atoms with E-state index in [0.717, 1.165) is 51.4 Å². The van der Waals surface area contributed by atoms with Gasteiger partial charge in [0.2, 0.25) is 5.91 Å². The highest BCUT2D eigenvalue weighted by Gasteiger charge is 2.26. The molecule has 0 aliphatic heterocycles. The molecule has 5 nitrogen and oxygen atoms in total. The third kappa shape index (κ3) is 5.93. The van der Waals surface area contributed by atoms with Gasteiger partial charge < -0.3 is 10.1 Å². The molecule has 0 saturated heterocycles. The molecule has 1 saturated carbocycles. The van der Waals surface area contributed by atoms with Crippen molar-refractivity contribution >= 4 is 17.5 Å². The zero-order valence-electron chi connectivity index (χ0n) is 14.6. The van der Waals surface area contributed by atoms with Crippen molar-refractivity contribution in [2.75, 3.05) is 0 Å². The molecule has 0 unspecified atom stereocenters. The Morgan fingerprint density at radius 1 is 1.21 bits per heavy atom. The molecule has 1 fully saturated rings. The van der Waals surface area contributed by atoms with Gasteiger partial charge in [0.15, 0.2) is 0 Å². The van der Waals surface area contributed by atoms with E-state index < -0.39 is 0 Å². The Kier molecular flexibility index (Phi) is 7.76. The predicted molar refractivity (Wildman–Crippen MR) is 95.2 cm³/mol. The van der Waals surface area contributed by atoms with Crippen LogP contribution in [0.4, 0.5) is 0 Å². The molecule has 0 radical (unpaired) electrons. The Balaban J connectivity index is 1.75. The van der Waals surface area contributed by atoms with Gasteiger partial charge in [-0.2, -0.15) is 0 Å². The maximum atomic E-state index is 12.4. The highest BCUT2D eigenvalue weighted by atomic mass is 35.5. The summed E-state index contributed by atoms with van der Waals surface area (Å²) in [6, 6.07) is 0.637. The second-order valence-corrected chi connectivity index (χ2v) is 6.99. The Bertz CT molecular complexity index is 495. The van der Waals surface area contributed by atoms with Gasteiger partial charge in [0, 0.05) is 12.0 Å². The van der Waals surface area contributed by atoms with E-state index in [1.165, 1.54) is 12.4 Å². The molecular weight excluding hydrogens is 326 g/mol. The number of nitrogens with zero attached hydrogens (tertiary/aromatic N) is 2. The molecule has 1 aliphatic carbocycles. The van der Waals surface area contributed by atoms with Crippen molar-refractivity contribution in [3.63, 3.8) is 0 Å². The van der Waals surface area contributed by atoms with Gasteiger partial charge in [-0.15, -0.1) is 0 Å². The average molecular weight is 354 g/mol. The normalized spacial score (nSPS) is 20.8. The molecule has 1 heterocycles. The molecule has 134 valence electrons. The maximum absolute atomic E-state index is 12.4. The van der Waals surface area contributed by atoms with Gasteiger partial charge in [-0.1, -0.05) is 38.3 Å². The minimum Gasteiger partial charge on any atom is -0.460 e. The molecule has 0 atom stereocenters. The number of halogens is 1. The summed E-state index contributed by atoms with van der Waals surface area (Å²) in [5.74, 6) is 0.389. The molecule has 0 aromatic carbocycles. The molecule has 1 aromatic heterocycles. The van der Waals surface area contributed by atoms with Crippen molar-refractivity contribution < 1.29 is 9.53 Å². The topological polar surface area (TPSA) is 64.1 Å². The molecule has 2 rings (SSSR count). The van der Waals surface area contributed by atoms with Crippen LogP contribution in [0.15, 0.2) is 12.4 Å². The highest BCUT2D eigenvalue weighted by Crippen LogP contribution is 2.23. The summed E-state index contributed by atoms with van der Waals surface area (Å²) in [6.45, 7) is 4.27. The third-order valence-corrected chi connectivity index (χ3v) is 4.73. The van der Waals surface area contributed by atoms with Gasteiger partial charge in [0.25, 0.3) is 0 Å². The van der Waals surface area contributed by atoms with Crippen LogP contribution in [-0.4, -0.2) is 28.0 Å². The van der Waals surface area contributed by atoms with Gasteiger partial charge in [-0.05, 0) is 38.5 Å². The first kappa shape index (κ1) is 19.0. The van der Waals surface area contributed by atoms with Gasteiger partial charge in [-0.25, -0.2) is 9.97 Å². The van der Waals surface area contributed by atoms with E-state index in [1.54, 1.807) is 0 Å². The van der Waals surface area contributed by atoms with Gasteiger partial charge in [-0.3, -0.25) is 4.79 Å². The minimum atomic E-state index is 0.112. The van der Waals surface area contributed by atoms with Crippen LogP contribution in [-0.2, 0) is 4.79 Å². The van der Waals surface area contributed by atoms with Crippen molar-refractivity contribution in [2.45, 2.75) is 77.4 Å². The van der Waals surface area contributed by atoms with Crippen LogP contribution in [0.2, 0.25) is 5.02 Å². The highest BCUT2D eigenvalue weighted by molar-refractivity contribution is 6.30. The minimum absolute atomic E-state index is 0.112. The summed E-state index contributed by atoms with van der Waals surface area (Å²) in [6.07, 6.45) is 10.9. The zero-order chi connectivity index (χ0) is 17.4. The second-order valence-electron chi connectivity index (χ2n) is 6.56. The number of amides is 1. The number of hydrogen-bond acceptors (Lipinski definition) is 4. The van der Waals surface area contributed by atoms with Crippen LogP contribution in [0.1, 0.15) is 65.2 Å². The van der Waals surface area contributed by atoms with Gasteiger partial charge in [0.05, 0.1) is 17.4 Å². The lowest BCUT2D eigenvalue weighted by Gasteiger charge is -2.30. The largest absolute Gasteiger partial charge is 0.460 e. The number of carbonyl (C=O) groups excluding carboxylic acids is 1. The van der Waals surface area contributed by atoms with Crippen LogP contribution in [0.3, 0.4) is 0 Å². The standard InChI is InChI=1S/C18H28ClN3O2/c1-3-5-13(6-4-2)17(23)22-15-7-9-16(10-8-15)24-18-20-11-14(19)12-21-18/h11-13,15-16H,3-10H2,1-2H3,(H,22,23). The van der Waals surface area contributed by atoms with Crippen molar-refractivity contribution in [1.29, 1.82) is 0 Å². The molecule has 6 heteroatoms. The Morgan fingerprint density at radius 3 is 2.33 bits per heavy atom. The van der Waals surface area contributed by atoms with Gasteiger partial charge >= 0.3 is 6.01 Å². The Hall–Kier alpha value is -1.36. The monoisotopic (exact) mass is 353 g/mol. The lowest BCUT2D eigenvalue weighted by atomic mass is 9.91. The molecule has 1 aromatic rings.